The van der Waals surface area contributed by atoms with Gasteiger partial charge in [0.05, 0.1) is 12.8 Å². The van der Waals surface area contributed by atoms with Crippen molar-refractivity contribution in [1.29, 1.82) is 0 Å². The van der Waals surface area contributed by atoms with Crippen molar-refractivity contribution in [1.82, 2.24) is 25.5 Å². The number of carbonyl (C=O) groups is 2. The third-order valence-electron chi connectivity index (χ3n) is 7.80. The Balaban J connectivity index is 1.53. The van der Waals surface area contributed by atoms with Crippen molar-refractivity contribution in [3.63, 3.8) is 0 Å². The average Bonchev–Trinajstić information content (AvgIpc) is 2.95. The standard InChI is InChI=1S/C29H40F3N7O3/c1-17(2)26(40)36-22-8-6-5-7-21(22)35-25-20(29(30,31)32)16-33-28(38-25)37-23-10-9-18(15-24(23)42-4)27(41)34-19-11-13-39(3)14-12-19/h9-10,15-17,19,21-22H,5-8,11-14H2,1-4H3,(H,34,41)(H,36,40)(H2,33,35,37,38)/t21-,22-/m1/s1. The van der Waals surface area contributed by atoms with E-state index in [2.05, 4.69) is 36.1 Å². The summed E-state index contributed by atoms with van der Waals surface area (Å²) in [5.41, 5.74) is -0.210. The van der Waals surface area contributed by atoms with Gasteiger partial charge in [-0.2, -0.15) is 18.2 Å². The number of nitrogens with zero attached hydrogens (tertiary/aromatic N) is 3. The molecule has 1 saturated carbocycles. The first kappa shape index (κ1) is 31.3. The predicted molar refractivity (Wildman–Crippen MR) is 154 cm³/mol. The number of alkyl halides is 3. The van der Waals surface area contributed by atoms with E-state index in [1.165, 1.54) is 7.11 Å². The van der Waals surface area contributed by atoms with E-state index in [4.69, 9.17) is 4.74 Å². The van der Waals surface area contributed by atoms with Crippen LogP contribution in [0.2, 0.25) is 0 Å². The number of hydrogen-bond acceptors (Lipinski definition) is 8. The molecule has 0 radical (unpaired) electrons. The minimum absolute atomic E-state index is 0.0779. The molecular weight excluding hydrogens is 551 g/mol. The summed E-state index contributed by atoms with van der Waals surface area (Å²) in [5, 5.41) is 11.9. The number of likely N-dealkylation sites (tertiary alicyclic amines) is 1. The molecule has 1 aromatic heterocycles. The van der Waals surface area contributed by atoms with Gasteiger partial charge in [-0.1, -0.05) is 26.7 Å². The van der Waals surface area contributed by atoms with Gasteiger partial charge in [0, 0.05) is 35.8 Å². The molecule has 230 valence electrons. The molecule has 42 heavy (non-hydrogen) atoms. The molecule has 1 saturated heterocycles. The Morgan fingerprint density at radius 3 is 2.38 bits per heavy atom. The van der Waals surface area contributed by atoms with Gasteiger partial charge in [0.25, 0.3) is 5.91 Å². The monoisotopic (exact) mass is 591 g/mol. The smallest absolute Gasteiger partial charge is 0.421 e. The second-order valence-electron chi connectivity index (χ2n) is 11.3. The molecule has 1 aliphatic carbocycles. The predicted octanol–water partition coefficient (Wildman–Crippen LogP) is 4.57. The molecule has 2 aliphatic rings. The second-order valence-corrected chi connectivity index (χ2v) is 11.3. The van der Waals surface area contributed by atoms with Crippen LogP contribution in [0.25, 0.3) is 0 Å². The average molecular weight is 592 g/mol. The normalized spacial score (nSPS) is 20.2. The lowest BCUT2D eigenvalue weighted by Crippen LogP contribution is -2.49. The Morgan fingerprint density at radius 2 is 1.74 bits per heavy atom. The van der Waals surface area contributed by atoms with Crippen LogP contribution in [0.15, 0.2) is 24.4 Å². The van der Waals surface area contributed by atoms with Gasteiger partial charge >= 0.3 is 6.18 Å². The van der Waals surface area contributed by atoms with E-state index < -0.39 is 17.8 Å². The number of nitrogens with one attached hydrogen (secondary N) is 4. The Morgan fingerprint density at radius 1 is 1.05 bits per heavy atom. The van der Waals surface area contributed by atoms with Gasteiger partial charge in [-0.3, -0.25) is 9.59 Å². The van der Waals surface area contributed by atoms with Crippen LogP contribution in [-0.4, -0.2) is 72.1 Å². The van der Waals surface area contributed by atoms with E-state index >= 15 is 0 Å². The SMILES string of the molecule is COc1cc(C(=O)NC2CCN(C)CC2)ccc1Nc1ncc(C(F)(F)F)c(N[C@@H]2CCCC[C@H]2NC(=O)C(C)C)n1. The topological polar surface area (TPSA) is 121 Å². The maximum Gasteiger partial charge on any atom is 0.421 e. The second kappa shape index (κ2) is 13.6. The van der Waals surface area contributed by atoms with Crippen LogP contribution in [0, 0.1) is 5.92 Å². The molecule has 1 aliphatic heterocycles. The highest BCUT2D eigenvalue weighted by Crippen LogP contribution is 2.36. The van der Waals surface area contributed by atoms with Crippen LogP contribution < -0.4 is 26.0 Å². The highest BCUT2D eigenvalue weighted by molar-refractivity contribution is 5.95. The van der Waals surface area contributed by atoms with Crippen molar-refractivity contribution in [3.05, 3.63) is 35.5 Å². The fraction of sp³-hybridized carbons (Fsp3) is 0.586. The van der Waals surface area contributed by atoms with Crippen LogP contribution in [0.5, 0.6) is 5.75 Å². The van der Waals surface area contributed by atoms with Crippen LogP contribution in [-0.2, 0) is 11.0 Å². The zero-order valence-electron chi connectivity index (χ0n) is 24.5. The number of anilines is 3. The van der Waals surface area contributed by atoms with Gasteiger partial charge in [0.1, 0.15) is 17.1 Å². The molecule has 0 bridgehead atoms. The first-order valence-electron chi connectivity index (χ1n) is 14.4. The van der Waals surface area contributed by atoms with E-state index in [-0.39, 0.29) is 41.6 Å². The van der Waals surface area contributed by atoms with Crippen LogP contribution in [0.4, 0.5) is 30.6 Å². The molecule has 4 N–H and O–H groups in total. The summed E-state index contributed by atoms with van der Waals surface area (Å²) in [7, 11) is 3.49. The maximum atomic E-state index is 13.9. The Labute approximate surface area is 244 Å². The molecule has 0 spiro atoms. The third kappa shape index (κ3) is 8.02. The quantitative estimate of drug-likeness (QED) is 0.335. The van der Waals surface area contributed by atoms with E-state index in [9.17, 15) is 22.8 Å². The minimum atomic E-state index is -4.69. The minimum Gasteiger partial charge on any atom is -0.495 e. The van der Waals surface area contributed by atoms with E-state index in [0.717, 1.165) is 45.0 Å². The van der Waals surface area contributed by atoms with Crippen molar-refractivity contribution in [2.45, 2.75) is 76.7 Å². The summed E-state index contributed by atoms with van der Waals surface area (Å²) in [5.74, 6) is -0.749. The third-order valence-corrected chi connectivity index (χ3v) is 7.80. The van der Waals surface area contributed by atoms with Gasteiger partial charge in [-0.05, 0) is 64.0 Å². The number of halogens is 3. The Kier molecular flexibility index (Phi) is 10.1. The molecule has 2 heterocycles. The Bertz CT molecular complexity index is 1250. The molecular formula is C29H40F3N7O3. The zero-order valence-corrected chi connectivity index (χ0v) is 24.5. The molecule has 0 unspecified atom stereocenters. The number of benzene rings is 1. The van der Waals surface area contributed by atoms with Crippen LogP contribution >= 0.6 is 0 Å². The summed E-state index contributed by atoms with van der Waals surface area (Å²) in [4.78, 5) is 35.5. The van der Waals surface area contributed by atoms with Gasteiger partial charge < -0.3 is 30.9 Å². The summed E-state index contributed by atoms with van der Waals surface area (Å²) >= 11 is 0. The highest BCUT2D eigenvalue weighted by atomic mass is 19.4. The van der Waals surface area contributed by atoms with Crippen molar-refractivity contribution < 1.29 is 27.5 Å². The number of amides is 2. The zero-order chi connectivity index (χ0) is 30.4. The number of aromatic nitrogens is 2. The fourth-order valence-corrected chi connectivity index (χ4v) is 5.24. The first-order chi connectivity index (χ1) is 19.9. The molecule has 2 amide bonds. The lowest BCUT2D eigenvalue weighted by atomic mass is 9.89. The van der Waals surface area contributed by atoms with E-state index in [1.807, 2.05) is 7.05 Å². The van der Waals surface area contributed by atoms with Crippen LogP contribution in [0.1, 0.15) is 68.3 Å². The van der Waals surface area contributed by atoms with E-state index in [0.29, 0.717) is 29.8 Å². The van der Waals surface area contributed by atoms with Crippen LogP contribution in [0.3, 0.4) is 0 Å². The molecule has 13 heteroatoms. The van der Waals surface area contributed by atoms with Gasteiger partial charge in [-0.25, -0.2) is 4.98 Å². The number of ether oxygens (including phenoxy) is 1. The highest BCUT2D eigenvalue weighted by Gasteiger charge is 2.37. The summed E-state index contributed by atoms with van der Waals surface area (Å²) in [6, 6.07) is 4.13. The van der Waals surface area contributed by atoms with E-state index in [1.54, 1.807) is 32.0 Å². The molecule has 4 rings (SSSR count). The lowest BCUT2D eigenvalue weighted by molar-refractivity contribution is -0.137. The van der Waals surface area contributed by atoms with Gasteiger partial charge in [0.15, 0.2) is 0 Å². The summed E-state index contributed by atoms with van der Waals surface area (Å²) in [6.07, 6.45) is 0.710. The number of piperidine rings is 1. The molecule has 1 aromatic carbocycles. The Hall–Kier alpha value is -3.61. The van der Waals surface area contributed by atoms with Gasteiger partial charge in [-0.15, -0.1) is 0 Å². The lowest BCUT2D eigenvalue weighted by Gasteiger charge is -2.34. The molecule has 2 atom stereocenters. The molecule has 2 fully saturated rings. The largest absolute Gasteiger partial charge is 0.495 e. The summed E-state index contributed by atoms with van der Waals surface area (Å²) in [6.45, 7) is 5.37. The summed E-state index contributed by atoms with van der Waals surface area (Å²) < 4.78 is 47.3. The number of carbonyl (C=O) groups excluding carboxylic acids is 2. The first-order valence-corrected chi connectivity index (χ1v) is 14.4. The van der Waals surface area contributed by atoms with Crippen molar-refractivity contribution in [2.24, 2.45) is 5.92 Å². The number of rotatable bonds is 9. The maximum absolute atomic E-state index is 13.9. The van der Waals surface area contributed by atoms with Crippen molar-refractivity contribution in [3.8, 4) is 5.75 Å². The number of hydrogen-bond donors (Lipinski definition) is 4. The number of methoxy groups -OCH3 is 1. The fourth-order valence-electron chi connectivity index (χ4n) is 5.24. The van der Waals surface area contributed by atoms with Crippen molar-refractivity contribution in [2.75, 3.05) is 37.9 Å². The molecule has 10 nitrogen and oxygen atoms in total. The van der Waals surface area contributed by atoms with Crippen molar-refractivity contribution >= 4 is 29.3 Å². The molecule has 2 aromatic rings. The van der Waals surface area contributed by atoms with Gasteiger partial charge in [0.2, 0.25) is 11.9 Å².